The van der Waals surface area contributed by atoms with Crippen LogP contribution in [0.2, 0.25) is 0 Å². The first-order valence-electron chi connectivity index (χ1n) is 11.2. The monoisotopic (exact) mass is 456 g/mol. The van der Waals surface area contributed by atoms with E-state index in [1.165, 1.54) is 6.26 Å². The Kier molecular flexibility index (Phi) is 5.87. The van der Waals surface area contributed by atoms with Crippen molar-refractivity contribution in [2.75, 3.05) is 23.3 Å². The first-order valence-corrected chi connectivity index (χ1v) is 11.2. The third-order valence-corrected chi connectivity index (χ3v) is 6.10. The topological polar surface area (TPSA) is 113 Å². The van der Waals surface area contributed by atoms with Gasteiger partial charge in [0.1, 0.15) is 11.9 Å². The predicted octanol–water partition coefficient (Wildman–Crippen LogP) is 4.21. The summed E-state index contributed by atoms with van der Waals surface area (Å²) in [6.07, 6.45) is 6.59. The highest BCUT2D eigenvalue weighted by molar-refractivity contribution is 5.92. The van der Waals surface area contributed by atoms with Crippen LogP contribution in [-0.4, -0.2) is 33.5 Å². The Bertz CT molecular complexity index is 1310. The van der Waals surface area contributed by atoms with Crippen molar-refractivity contribution in [3.63, 3.8) is 0 Å². The molecule has 1 aromatic carbocycles. The van der Waals surface area contributed by atoms with E-state index in [-0.39, 0.29) is 23.4 Å². The quantitative estimate of drug-likeness (QED) is 0.462. The summed E-state index contributed by atoms with van der Waals surface area (Å²) in [5, 5.41) is 12.5. The van der Waals surface area contributed by atoms with Crippen molar-refractivity contribution >= 4 is 17.5 Å². The zero-order valence-corrected chi connectivity index (χ0v) is 18.8. The molecular formula is C25H24N6O3. The third kappa shape index (κ3) is 4.43. The number of amides is 1. The Morgan fingerprint density at radius 1 is 1.24 bits per heavy atom. The molecule has 1 N–H and O–H groups in total. The molecule has 1 fully saturated rings. The minimum absolute atomic E-state index is 0.00667. The number of oxazole rings is 1. The molecule has 1 aliphatic heterocycles. The molecule has 172 valence electrons. The highest BCUT2D eigenvalue weighted by Gasteiger charge is 2.29. The molecule has 0 atom stereocenters. The van der Waals surface area contributed by atoms with E-state index >= 15 is 0 Å². The van der Waals surface area contributed by atoms with E-state index in [4.69, 9.17) is 8.83 Å². The van der Waals surface area contributed by atoms with Crippen LogP contribution in [0, 0.1) is 24.2 Å². The summed E-state index contributed by atoms with van der Waals surface area (Å²) in [6, 6.07) is 13.5. The maximum Gasteiger partial charge on any atom is 0.266 e. The first kappa shape index (κ1) is 21.5. The van der Waals surface area contributed by atoms with E-state index < -0.39 is 0 Å². The number of aryl methyl sites for hydroxylation is 1. The van der Waals surface area contributed by atoms with Gasteiger partial charge in [-0.1, -0.05) is 12.1 Å². The van der Waals surface area contributed by atoms with Crippen LogP contribution in [0.25, 0.3) is 11.7 Å². The second kappa shape index (κ2) is 9.27. The number of furan rings is 1. The van der Waals surface area contributed by atoms with Crippen molar-refractivity contribution in [2.45, 2.75) is 26.3 Å². The van der Waals surface area contributed by atoms with Crippen molar-refractivity contribution in [1.82, 2.24) is 14.5 Å². The zero-order chi connectivity index (χ0) is 23.5. The Morgan fingerprint density at radius 2 is 2.03 bits per heavy atom. The van der Waals surface area contributed by atoms with Gasteiger partial charge in [-0.3, -0.25) is 4.79 Å². The minimum Gasteiger partial charge on any atom is -0.459 e. The number of rotatable bonds is 6. The normalized spacial score (nSPS) is 14.2. The van der Waals surface area contributed by atoms with Gasteiger partial charge in [-0.15, -0.1) is 0 Å². The van der Waals surface area contributed by atoms with Crippen molar-refractivity contribution in [2.24, 2.45) is 5.92 Å². The molecule has 0 aliphatic carbocycles. The molecule has 1 amide bonds. The van der Waals surface area contributed by atoms with E-state index in [1.807, 2.05) is 42.3 Å². The second-order valence-electron chi connectivity index (χ2n) is 8.31. The summed E-state index contributed by atoms with van der Waals surface area (Å²) in [6.45, 7) is 3.92. The van der Waals surface area contributed by atoms with Crippen LogP contribution in [0.15, 0.2) is 63.9 Å². The van der Waals surface area contributed by atoms with Gasteiger partial charge in [0.15, 0.2) is 5.76 Å². The predicted molar refractivity (Wildman–Crippen MR) is 125 cm³/mol. The first-order chi connectivity index (χ1) is 16.6. The van der Waals surface area contributed by atoms with Gasteiger partial charge < -0.3 is 23.6 Å². The van der Waals surface area contributed by atoms with Crippen LogP contribution < -0.4 is 10.2 Å². The summed E-state index contributed by atoms with van der Waals surface area (Å²) in [5.41, 5.74) is 2.14. The Morgan fingerprint density at radius 3 is 2.68 bits per heavy atom. The number of nitriles is 1. The van der Waals surface area contributed by atoms with Gasteiger partial charge in [-0.25, -0.2) is 4.98 Å². The molecule has 0 radical (unpaired) electrons. The van der Waals surface area contributed by atoms with Crippen LogP contribution in [0.3, 0.4) is 0 Å². The fourth-order valence-corrected chi connectivity index (χ4v) is 4.15. The van der Waals surface area contributed by atoms with Crippen molar-refractivity contribution < 1.29 is 13.6 Å². The number of anilines is 2. The molecule has 0 bridgehead atoms. The SMILES string of the molecule is Cc1nccn1Cc1ccc(NC(=O)C2CCN(c3oc(-c4ccco4)nc3C#N)CC2)cc1. The lowest BCUT2D eigenvalue weighted by molar-refractivity contribution is -0.120. The van der Waals surface area contributed by atoms with Crippen molar-refractivity contribution in [3.05, 3.63) is 72.1 Å². The lowest BCUT2D eigenvalue weighted by atomic mass is 9.95. The molecule has 9 nitrogen and oxygen atoms in total. The average molecular weight is 457 g/mol. The third-order valence-electron chi connectivity index (χ3n) is 6.10. The molecule has 4 aromatic rings. The lowest BCUT2D eigenvalue weighted by Crippen LogP contribution is -2.38. The number of nitrogens with zero attached hydrogens (tertiary/aromatic N) is 5. The number of aromatic nitrogens is 3. The van der Waals surface area contributed by atoms with Crippen LogP contribution in [0.5, 0.6) is 0 Å². The summed E-state index contributed by atoms with van der Waals surface area (Å²) in [7, 11) is 0. The summed E-state index contributed by atoms with van der Waals surface area (Å²) in [5.74, 6) is 2.05. The van der Waals surface area contributed by atoms with Gasteiger partial charge in [0.25, 0.3) is 5.89 Å². The number of imidazole rings is 1. The number of piperidine rings is 1. The van der Waals surface area contributed by atoms with Gasteiger partial charge >= 0.3 is 0 Å². The molecule has 0 saturated carbocycles. The summed E-state index contributed by atoms with van der Waals surface area (Å²) >= 11 is 0. The summed E-state index contributed by atoms with van der Waals surface area (Å²) in [4.78, 5) is 23.3. The number of benzene rings is 1. The molecule has 1 aliphatic rings. The second-order valence-corrected chi connectivity index (χ2v) is 8.31. The van der Waals surface area contributed by atoms with Crippen LogP contribution >= 0.6 is 0 Å². The van der Waals surface area contributed by atoms with E-state index in [0.717, 1.165) is 23.6 Å². The molecule has 34 heavy (non-hydrogen) atoms. The average Bonchev–Trinajstić information content (AvgIpc) is 3.62. The number of carbonyl (C=O) groups is 1. The fraction of sp³-hybridized carbons (Fsp3) is 0.280. The standard InChI is InChI=1S/C25H24N6O3/c1-17-27-10-13-31(17)16-18-4-6-20(7-5-18)28-23(32)19-8-11-30(12-9-19)25-21(15-26)29-24(34-25)22-3-2-14-33-22/h2-7,10,13-14,19H,8-9,11-12,16H2,1H3,(H,28,32). The number of hydrogen-bond acceptors (Lipinski definition) is 7. The van der Waals surface area contributed by atoms with Crippen LogP contribution in [0.1, 0.15) is 29.9 Å². The maximum atomic E-state index is 12.8. The largest absolute Gasteiger partial charge is 0.459 e. The van der Waals surface area contributed by atoms with E-state index in [2.05, 4.69) is 25.9 Å². The van der Waals surface area contributed by atoms with Crippen LogP contribution in [-0.2, 0) is 11.3 Å². The van der Waals surface area contributed by atoms with E-state index in [1.54, 1.807) is 18.3 Å². The lowest BCUT2D eigenvalue weighted by Gasteiger charge is -2.30. The highest BCUT2D eigenvalue weighted by atomic mass is 16.4. The Hall–Kier alpha value is -4.32. The van der Waals surface area contributed by atoms with Crippen molar-refractivity contribution in [1.29, 1.82) is 5.26 Å². The molecule has 3 aromatic heterocycles. The molecular weight excluding hydrogens is 432 g/mol. The molecule has 0 spiro atoms. The Labute approximate surface area is 196 Å². The van der Waals surface area contributed by atoms with Gasteiger partial charge in [-0.2, -0.15) is 10.2 Å². The number of hydrogen-bond donors (Lipinski definition) is 1. The zero-order valence-electron chi connectivity index (χ0n) is 18.8. The van der Waals surface area contributed by atoms with Gasteiger partial charge in [0.05, 0.1) is 6.26 Å². The van der Waals surface area contributed by atoms with Gasteiger partial charge in [-0.05, 0) is 49.6 Å². The molecule has 0 unspecified atom stereocenters. The number of nitrogens with one attached hydrogen (secondary N) is 1. The van der Waals surface area contributed by atoms with E-state index in [9.17, 15) is 10.1 Å². The minimum atomic E-state index is -0.109. The van der Waals surface area contributed by atoms with E-state index in [0.29, 0.717) is 37.6 Å². The van der Waals surface area contributed by atoms with Gasteiger partial charge in [0.2, 0.25) is 17.5 Å². The Balaban J connectivity index is 1.17. The maximum absolute atomic E-state index is 12.8. The number of carbonyl (C=O) groups excluding carboxylic acids is 1. The molecule has 5 rings (SSSR count). The molecule has 9 heteroatoms. The fourth-order valence-electron chi connectivity index (χ4n) is 4.15. The summed E-state index contributed by atoms with van der Waals surface area (Å²) < 4.78 is 13.2. The van der Waals surface area contributed by atoms with Crippen LogP contribution in [0.4, 0.5) is 11.6 Å². The highest BCUT2D eigenvalue weighted by Crippen LogP contribution is 2.31. The van der Waals surface area contributed by atoms with Gasteiger partial charge in [0, 0.05) is 43.6 Å². The smallest absolute Gasteiger partial charge is 0.266 e. The van der Waals surface area contributed by atoms with Crippen molar-refractivity contribution in [3.8, 4) is 17.7 Å². The molecule has 4 heterocycles. The molecule has 1 saturated heterocycles.